The second kappa shape index (κ2) is 16.3. The number of nitrogens with zero attached hydrogens (tertiary/aromatic N) is 3. The lowest BCUT2D eigenvalue weighted by Crippen LogP contribution is -2.40. The van der Waals surface area contributed by atoms with Crippen LogP contribution in [0.5, 0.6) is 0 Å². The van der Waals surface area contributed by atoms with Gasteiger partial charge < -0.3 is 10.1 Å². The van der Waals surface area contributed by atoms with Crippen LogP contribution in [-0.4, -0.2) is 55.5 Å². The van der Waals surface area contributed by atoms with Gasteiger partial charge >= 0.3 is 0 Å². The van der Waals surface area contributed by atoms with Gasteiger partial charge in [-0.3, -0.25) is 4.31 Å². The van der Waals surface area contributed by atoms with Crippen LogP contribution in [0, 0.1) is 10.1 Å². The molecular formula is C30H39N3O5S. The van der Waals surface area contributed by atoms with E-state index in [0.717, 1.165) is 47.5 Å². The summed E-state index contributed by atoms with van der Waals surface area (Å²) in [5.74, 6) is 0.176. The zero-order chi connectivity index (χ0) is 28.7. The molecule has 9 heteroatoms. The van der Waals surface area contributed by atoms with Crippen molar-refractivity contribution in [1.29, 1.82) is 0 Å². The molecule has 8 nitrogen and oxygen atoms in total. The quantitative estimate of drug-likeness (QED) is 0.153. The van der Waals surface area contributed by atoms with Crippen LogP contribution in [-0.2, 0) is 10.0 Å². The van der Waals surface area contributed by atoms with E-state index in [1.165, 1.54) is 0 Å². The molecule has 0 saturated heterocycles. The van der Waals surface area contributed by atoms with Crippen molar-refractivity contribution in [3.63, 3.8) is 0 Å². The number of unbranched alkanes of at least 4 members (excludes halogenated alkanes) is 1. The first-order valence-electron chi connectivity index (χ1n) is 13.2. The third kappa shape index (κ3) is 10.5. The lowest BCUT2D eigenvalue weighted by molar-refractivity contribution is -0.742. The van der Waals surface area contributed by atoms with Gasteiger partial charge in [0.15, 0.2) is 0 Å². The molecule has 1 N–H and O–H groups in total. The van der Waals surface area contributed by atoms with Crippen molar-refractivity contribution >= 4 is 27.4 Å². The van der Waals surface area contributed by atoms with E-state index in [1.807, 2.05) is 67.6 Å². The van der Waals surface area contributed by atoms with Crippen molar-refractivity contribution in [1.82, 2.24) is 4.90 Å². The summed E-state index contributed by atoms with van der Waals surface area (Å²) in [5, 5.41) is 13.6. The van der Waals surface area contributed by atoms with Crippen LogP contribution in [0.2, 0.25) is 0 Å². The summed E-state index contributed by atoms with van der Waals surface area (Å²) >= 11 is 0. The molecule has 0 aliphatic heterocycles. The Balaban J connectivity index is 0.00000124. The smallest absolute Gasteiger partial charge is 0.291 e. The van der Waals surface area contributed by atoms with Crippen molar-refractivity contribution in [2.45, 2.75) is 33.6 Å². The fraction of sp³-hybridized carbons (Fsp3) is 0.333. The first-order valence-corrected chi connectivity index (χ1v) is 14.8. The van der Waals surface area contributed by atoms with Gasteiger partial charge in [-0.15, -0.1) is 10.1 Å². The Morgan fingerprint density at radius 2 is 1.33 bits per heavy atom. The normalized spacial score (nSPS) is 10.9. The number of rotatable bonds is 13. The van der Waals surface area contributed by atoms with Crippen LogP contribution in [0.15, 0.2) is 84.9 Å². The van der Waals surface area contributed by atoms with E-state index < -0.39 is 15.1 Å². The Morgan fingerprint density at radius 1 is 0.846 bits per heavy atom. The zero-order valence-corrected chi connectivity index (χ0v) is 23.8. The summed E-state index contributed by atoms with van der Waals surface area (Å²) in [6, 6.07) is 28.6. The Hall–Kier alpha value is -3.69. The molecule has 0 aliphatic rings. The Labute approximate surface area is 232 Å². The molecule has 3 aromatic rings. The van der Waals surface area contributed by atoms with Crippen LogP contribution >= 0.6 is 0 Å². The van der Waals surface area contributed by atoms with Gasteiger partial charge in [-0.1, -0.05) is 100.0 Å². The van der Waals surface area contributed by atoms with Crippen molar-refractivity contribution in [2.75, 3.05) is 36.2 Å². The van der Waals surface area contributed by atoms with Gasteiger partial charge in [0.2, 0.25) is 10.0 Å². The number of anilines is 1. The Morgan fingerprint density at radius 3 is 1.77 bits per heavy atom. The fourth-order valence-corrected chi connectivity index (χ4v) is 5.79. The van der Waals surface area contributed by atoms with E-state index in [1.54, 1.807) is 4.31 Å². The predicted octanol–water partition coefficient (Wildman–Crippen LogP) is 6.21. The van der Waals surface area contributed by atoms with E-state index in [2.05, 4.69) is 49.1 Å². The topological polar surface area (TPSA) is 104 Å². The van der Waals surface area contributed by atoms with Gasteiger partial charge in [-0.25, -0.2) is 8.42 Å². The van der Waals surface area contributed by atoms with Crippen molar-refractivity contribution in [2.24, 2.45) is 0 Å². The molecule has 39 heavy (non-hydrogen) atoms. The number of likely N-dealkylation sites (N-methyl/N-ethyl adjacent to an activating group) is 1. The number of hydrogen-bond acceptors (Lipinski definition) is 5. The van der Waals surface area contributed by atoms with E-state index in [9.17, 15) is 8.42 Å². The summed E-state index contributed by atoms with van der Waals surface area (Å²) in [4.78, 5) is 10.6. The SMILES string of the molecule is CCCCS(=O)(=O)N(CCN(CC)CC)c1ccc(C=C(c2ccccc2)c2ccccc2)cc1.O=[N+]([O-])O. The highest BCUT2D eigenvalue weighted by Crippen LogP contribution is 2.27. The maximum Gasteiger partial charge on any atom is 0.291 e. The van der Waals surface area contributed by atoms with Gasteiger partial charge in [-0.05, 0) is 60.0 Å². The lowest BCUT2D eigenvalue weighted by Gasteiger charge is -2.28. The molecule has 0 unspecified atom stereocenters. The first-order chi connectivity index (χ1) is 18.7. The minimum atomic E-state index is -3.38. The summed E-state index contributed by atoms with van der Waals surface area (Å²) in [7, 11) is -3.38. The van der Waals surface area contributed by atoms with Crippen LogP contribution in [0.3, 0.4) is 0 Å². The molecule has 0 heterocycles. The third-order valence-electron chi connectivity index (χ3n) is 6.27. The highest BCUT2D eigenvalue weighted by Gasteiger charge is 2.22. The Kier molecular flexibility index (Phi) is 13.2. The van der Waals surface area contributed by atoms with E-state index in [-0.39, 0.29) is 5.75 Å². The average Bonchev–Trinajstić information content (AvgIpc) is 2.94. The van der Waals surface area contributed by atoms with Gasteiger partial charge in [0.05, 0.1) is 11.4 Å². The first kappa shape index (κ1) is 31.5. The highest BCUT2D eigenvalue weighted by atomic mass is 32.2. The largest absolute Gasteiger partial charge is 0.328 e. The maximum atomic E-state index is 13.2. The molecule has 3 rings (SSSR count). The second-order valence-corrected chi connectivity index (χ2v) is 10.9. The molecular weight excluding hydrogens is 514 g/mol. The van der Waals surface area contributed by atoms with Crippen LogP contribution in [0.1, 0.15) is 50.3 Å². The standard InChI is InChI=1S/C30H38N2O2S.HNO3/c1-4-7-24-35(33,34)32(23-22-31(5-2)6-3)29-20-18-26(19-21-29)25-30(27-14-10-8-11-15-27)28-16-12-9-13-17-28;2-1(3)4/h8-21,25H,4-7,22-24H2,1-3H3;(H,2,3,4). The van der Waals surface area contributed by atoms with Gasteiger partial charge in [-0.2, -0.15) is 0 Å². The zero-order valence-electron chi connectivity index (χ0n) is 22.9. The maximum absolute atomic E-state index is 13.2. The monoisotopic (exact) mass is 553 g/mol. The molecule has 0 bridgehead atoms. The minimum absolute atomic E-state index is 0.176. The molecule has 0 aromatic heterocycles. The van der Waals surface area contributed by atoms with E-state index in [4.69, 9.17) is 15.3 Å². The molecule has 0 fully saturated rings. The number of benzene rings is 3. The molecule has 0 spiro atoms. The van der Waals surface area contributed by atoms with Crippen molar-refractivity contribution in [3.8, 4) is 0 Å². The molecule has 0 saturated carbocycles. The van der Waals surface area contributed by atoms with Gasteiger partial charge in [0, 0.05) is 13.1 Å². The summed E-state index contributed by atoms with van der Waals surface area (Å²) in [6.45, 7) is 9.23. The third-order valence-corrected chi connectivity index (χ3v) is 8.14. The molecule has 210 valence electrons. The second-order valence-electron chi connectivity index (χ2n) is 8.89. The van der Waals surface area contributed by atoms with Gasteiger partial charge in [0.25, 0.3) is 5.09 Å². The van der Waals surface area contributed by atoms with Crippen LogP contribution in [0.4, 0.5) is 5.69 Å². The molecule has 0 aliphatic carbocycles. The highest BCUT2D eigenvalue weighted by molar-refractivity contribution is 7.92. The summed E-state index contributed by atoms with van der Waals surface area (Å²) in [6.07, 6.45) is 3.69. The number of sulfonamides is 1. The summed E-state index contributed by atoms with van der Waals surface area (Å²) < 4.78 is 28.0. The predicted molar refractivity (Wildman–Crippen MR) is 159 cm³/mol. The van der Waals surface area contributed by atoms with E-state index in [0.29, 0.717) is 19.5 Å². The molecule has 3 aromatic carbocycles. The number of hydrogen-bond donors (Lipinski definition) is 1. The van der Waals surface area contributed by atoms with Gasteiger partial charge in [0.1, 0.15) is 0 Å². The minimum Gasteiger partial charge on any atom is -0.328 e. The fourth-order valence-electron chi connectivity index (χ4n) is 4.11. The molecule has 0 radical (unpaired) electrons. The summed E-state index contributed by atoms with van der Waals surface area (Å²) in [5.41, 5.74) is 5.18. The van der Waals surface area contributed by atoms with E-state index >= 15 is 0 Å². The molecule has 0 amide bonds. The average molecular weight is 554 g/mol. The lowest BCUT2D eigenvalue weighted by atomic mass is 9.96. The molecule has 0 atom stereocenters. The van der Waals surface area contributed by atoms with Crippen LogP contribution < -0.4 is 4.31 Å². The Bertz CT molecular complexity index is 1220. The van der Waals surface area contributed by atoms with Crippen molar-refractivity contribution < 1.29 is 18.7 Å². The van der Waals surface area contributed by atoms with Crippen LogP contribution in [0.25, 0.3) is 11.6 Å². The van der Waals surface area contributed by atoms with Crippen molar-refractivity contribution in [3.05, 3.63) is 112 Å².